The molecule has 1 aromatic rings. The number of halogens is 2. The number of ether oxygens (including phenoxy) is 2. The Morgan fingerprint density at radius 2 is 2.20 bits per heavy atom. The van der Waals surface area contributed by atoms with Gasteiger partial charge in [-0.25, -0.2) is 0 Å². The van der Waals surface area contributed by atoms with Crippen LogP contribution in [0.25, 0.3) is 0 Å². The van der Waals surface area contributed by atoms with Crippen LogP contribution in [0.3, 0.4) is 0 Å². The molecule has 15 heavy (non-hydrogen) atoms. The van der Waals surface area contributed by atoms with Crippen molar-refractivity contribution in [1.82, 2.24) is 0 Å². The number of aliphatic hydroxyl groups is 1. The van der Waals surface area contributed by atoms with Gasteiger partial charge in [-0.15, -0.1) is 0 Å². The van der Waals surface area contributed by atoms with Gasteiger partial charge < -0.3 is 14.6 Å². The fraction of sp³-hybridized carbons (Fsp3) is 0.400. The molecule has 84 valence electrons. The lowest BCUT2D eigenvalue weighted by Crippen LogP contribution is -2.19. The van der Waals surface area contributed by atoms with Crippen LogP contribution in [0.4, 0.5) is 0 Å². The average molecular weight is 340 g/mol. The number of hydrogen-bond acceptors (Lipinski definition) is 3. The summed E-state index contributed by atoms with van der Waals surface area (Å²) in [4.78, 5) is 0. The Morgan fingerprint density at radius 3 is 2.80 bits per heavy atom. The molecule has 1 rings (SSSR count). The first-order valence-electron chi connectivity index (χ1n) is 4.38. The molecule has 0 saturated heterocycles. The second-order valence-electron chi connectivity index (χ2n) is 2.89. The number of benzene rings is 1. The number of para-hydroxylation sites is 1. The first kappa shape index (κ1) is 12.8. The Labute approximate surface area is 106 Å². The molecular formula is C10H12Br2O3. The summed E-state index contributed by atoms with van der Waals surface area (Å²) in [6.45, 7) is 0.226. The zero-order valence-corrected chi connectivity index (χ0v) is 11.4. The van der Waals surface area contributed by atoms with Gasteiger partial charge in [0.25, 0.3) is 0 Å². The molecular weight excluding hydrogens is 328 g/mol. The van der Waals surface area contributed by atoms with Crippen molar-refractivity contribution in [1.29, 1.82) is 0 Å². The standard InChI is InChI=1S/C10H12Br2O3/c1-14-9-4-2-3-8(12)10(9)15-6-7(13)5-11/h2-4,7,13H,5-6H2,1H3. The van der Waals surface area contributed by atoms with E-state index in [1.54, 1.807) is 13.2 Å². The molecule has 0 bridgehead atoms. The minimum atomic E-state index is -0.526. The Morgan fingerprint density at radius 1 is 1.47 bits per heavy atom. The Balaban J connectivity index is 2.74. The van der Waals surface area contributed by atoms with Crippen molar-refractivity contribution >= 4 is 31.9 Å². The van der Waals surface area contributed by atoms with Gasteiger partial charge in [0.1, 0.15) is 6.61 Å². The van der Waals surface area contributed by atoms with Crippen molar-refractivity contribution in [3.8, 4) is 11.5 Å². The van der Waals surface area contributed by atoms with Crippen LogP contribution in [0.5, 0.6) is 11.5 Å². The molecule has 0 saturated carbocycles. The van der Waals surface area contributed by atoms with E-state index < -0.39 is 6.10 Å². The molecule has 0 aromatic heterocycles. The molecule has 0 aliphatic rings. The van der Waals surface area contributed by atoms with Crippen LogP contribution >= 0.6 is 31.9 Å². The second kappa shape index (κ2) is 6.35. The highest BCUT2D eigenvalue weighted by molar-refractivity contribution is 9.10. The van der Waals surface area contributed by atoms with Gasteiger partial charge in [-0.3, -0.25) is 0 Å². The van der Waals surface area contributed by atoms with Gasteiger partial charge in [-0.1, -0.05) is 22.0 Å². The van der Waals surface area contributed by atoms with Crippen molar-refractivity contribution in [3.63, 3.8) is 0 Å². The SMILES string of the molecule is COc1cccc(Br)c1OCC(O)CBr. The molecule has 5 heteroatoms. The third-order valence-electron chi connectivity index (χ3n) is 1.75. The minimum absolute atomic E-state index is 0.226. The van der Waals surface area contributed by atoms with Crippen molar-refractivity contribution in [2.45, 2.75) is 6.10 Å². The summed E-state index contributed by atoms with van der Waals surface area (Å²) in [7, 11) is 1.58. The molecule has 1 atom stereocenters. The lowest BCUT2D eigenvalue weighted by atomic mass is 10.3. The van der Waals surface area contributed by atoms with Crippen LogP contribution in [0.2, 0.25) is 0 Å². The predicted octanol–water partition coefficient (Wildman–Crippen LogP) is 2.59. The fourth-order valence-corrected chi connectivity index (χ4v) is 1.66. The lowest BCUT2D eigenvalue weighted by Gasteiger charge is -2.14. The van der Waals surface area contributed by atoms with Crippen LogP contribution in [0.1, 0.15) is 0 Å². The summed E-state index contributed by atoms with van der Waals surface area (Å²) < 4.78 is 11.4. The Hall–Kier alpha value is -0.260. The normalized spacial score (nSPS) is 12.3. The maximum absolute atomic E-state index is 9.35. The summed E-state index contributed by atoms with van der Waals surface area (Å²) >= 11 is 6.53. The average Bonchev–Trinajstić information content (AvgIpc) is 2.26. The lowest BCUT2D eigenvalue weighted by molar-refractivity contribution is 0.124. The summed E-state index contributed by atoms with van der Waals surface area (Å²) in [6, 6.07) is 5.52. The molecule has 0 aliphatic carbocycles. The van der Waals surface area contributed by atoms with E-state index in [2.05, 4.69) is 31.9 Å². The molecule has 0 fully saturated rings. The number of hydrogen-bond donors (Lipinski definition) is 1. The van der Waals surface area contributed by atoms with Crippen LogP contribution in [-0.2, 0) is 0 Å². The van der Waals surface area contributed by atoms with Crippen molar-refractivity contribution in [3.05, 3.63) is 22.7 Å². The number of aliphatic hydroxyl groups excluding tert-OH is 1. The van der Waals surface area contributed by atoms with E-state index in [9.17, 15) is 5.11 Å². The number of methoxy groups -OCH3 is 1. The van der Waals surface area contributed by atoms with Crippen molar-refractivity contribution in [2.24, 2.45) is 0 Å². The van der Waals surface area contributed by atoms with Crippen LogP contribution in [0.15, 0.2) is 22.7 Å². The zero-order chi connectivity index (χ0) is 11.3. The molecule has 0 radical (unpaired) electrons. The van der Waals surface area contributed by atoms with Gasteiger partial charge in [-0.05, 0) is 28.1 Å². The van der Waals surface area contributed by atoms with Gasteiger partial charge in [0.15, 0.2) is 11.5 Å². The summed E-state index contributed by atoms with van der Waals surface area (Å²) in [5.74, 6) is 1.26. The Kier molecular flexibility index (Phi) is 5.42. The van der Waals surface area contributed by atoms with E-state index in [-0.39, 0.29) is 6.61 Å². The molecule has 0 amide bonds. The van der Waals surface area contributed by atoms with E-state index in [1.165, 1.54) is 0 Å². The van der Waals surface area contributed by atoms with Crippen LogP contribution in [0, 0.1) is 0 Å². The topological polar surface area (TPSA) is 38.7 Å². The quantitative estimate of drug-likeness (QED) is 0.838. The maximum atomic E-state index is 9.35. The van der Waals surface area contributed by atoms with Gasteiger partial charge in [0, 0.05) is 5.33 Å². The number of rotatable bonds is 5. The first-order valence-corrected chi connectivity index (χ1v) is 6.29. The van der Waals surface area contributed by atoms with Gasteiger partial charge in [0.05, 0.1) is 17.7 Å². The van der Waals surface area contributed by atoms with Crippen molar-refractivity contribution in [2.75, 3.05) is 19.0 Å². The highest BCUT2D eigenvalue weighted by Gasteiger charge is 2.10. The molecule has 0 spiro atoms. The van der Waals surface area contributed by atoms with E-state index in [0.29, 0.717) is 16.8 Å². The summed E-state index contributed by atoms with van der Waals surface area (Å²) in [5, 5.41) is 9.83. The van der Waals surface area contributed by atoms with Gasteiger partial charge in [0.2, 0.25) is 0 Å². The first-order chi connectivity index (χ1) is 7.19. The van der Waals surface area contributed by atoms with Gasteiger partial charge >= 0.3 is 0 Å². The van der Waals surface area contributed by atoms with Gasteiger partial charge in [-0.2, -0.15) is 0 Å². The largest absolute Gasteiger partial charge is 0.493 e. The summed E-state index contributed by atoms with van der Waals surface area (Å²) in [6.07, 6.45) is -0.526. The van der Waals surface area contributed by atoms with E-state index in [0.717, 1.165) is 4.47 Å². The van der Waals surface area contributed by atoms with Crippen LogP contribution in [-0.4, -0.2) is 30.3 Å². The predicted molar refractivity (Wildman–Crippen MR) is 66.0 cm³/mol. The highest BCUT2D eigenvalue weighted by Crippen LogP contribution is 2.34. The fourth-order valence-electron chi connectivity index (χ4n) is 1.01. The van der Waals surface area contributed by atoms with E-state index in [4.69, 9.17) is 9.47 Å². The molecule has 1 N–H and O–H groups in total. The molecule has 0 aliphatic heterocycles. The second-order valence-corrected chi connectivity index (χ2v) is 4.39. The Bertz CT molecular complexity index is 318. The molecule has 1 unspecified atom stereocenters. The molecule has 3 nitrogen and oxygen atoms in total. The smallest absolute Gasteiger partial charge is 0.175 e. The highest BCUT2D eigenvalue weighted by atomic mass is 79.9. The third-order valence-corrected chi connectivity index (χ3v) is 3.12. The van der Waals surface area contributed by atoms with E-state index >= 15 is 0 Å². The minimum Gasteiger partial charge on any atom is -0.493 e. The van der Waals surface area contributed by atoms with E-state index in [1.807, 2.05) is 12.1 Å². The number of alkyl halides is 1. The van der Waals surface area contributed by atoms with Crippen LogP contribution < -0.4 is 9.47 Å². The molecule has 0 heterocycles. The molecule has 1 aromatic carbocycles. The zero-order valence-electron chi connectivity index (χ0n) is 8.24. The summed E-state index contributed by atoms with van der Waals surface area (Å²) in [5.41, 5.74) is 0. The monoisotopic (exact) mass is 338 g/mol. The third kappa shape index (κ3) is 3.66. The maximum Gasteiger partial charge on any atom is 0.175 e. The van der Waals surface area contributed by atoms with Crippen molar-refractivity contribution < 1.29 is 14.6 Å².